The Labute approximate surface area is 123 Å². The van der Waals surface area contributed by atoms with Crippen molar-refractivity contribution in [1.29, 1.82) is 0 Å². The van der Waals surface area contributed by atoms with Crippen LogP contribution in [0.1, 0.15) is 88.5 Å². The van der Waals surface area contributed by atoms with E-state index in [2.05, 4.69) is 41.5 Å². The minimum Gasteiger partial charge on any atom is -0.294 e. The monoisotopic (exact) mass is 273 g/mol. The molecule has 1 aromatic rings. The maximum atomic E-state index is 12.1. The highest BCUT2D eigenvalue weighted by Gasteiger charge is 2.31. The van der Waals surface area contributed by atoms with Crippen molar-refractivity contribution in [1.82, 2.24) is 4.98 Å². The van der Waals surface area contributed by atoms with E-state index in [1.54, 1.807) is 0 Å². The van der Waals surface area contributed by atoms with E-state index in [4.69, 9.17) is 4.98 Å². The first-order chi connectivity index (χ1) is 9.08. The van der Waals surface area contributed by atoms with Crippen molar-refractivity contribution in [3.05, 3.63) is 29.1 Å². The van der Waals surface area contributed by atoms with Crippen LogP contribution in [-0.4, -0.2) is 10.8 Å². The number of hydrogen-bond donors (Lipinski definition) is 0. The molecule has 0 spiro atoms. The summed E-state index contributed by atoms with van der Waals surface area (Å²) in [6.45, 7) is 13.3. The number of Topliss-reactive ketones (excluding diaryl/α,β-unsaturated/α-hetero) is 1. The smallest absolute Gasteiger partial charge is 0.164 e. The summed E-state index contributed by atoms with van der Waals surface area (Å²) in [5, 5.41) is 0. The topological polar surface area (TPSA) is 30.0 Å². The van der Waals surface area contributed by atoms with Gasteiger partial charge < -0.3 is 0 Å². The second-order valence-electron chi connectivity index (χ2n) is 8.30. The predicted molar refractivity (Wildman–Crippen MR) is 83.3 cm³/mol. The molecule has 1 atom stereocenters. The van der Waals surface area contributed by atoms with Crippen molar-refractivity contribution in [3.8, 4) is 0 Å². The molecule has 0 aliphatic heterocycles. The molecule has 1 unspecified atom stereocenters. The molecule has 1 heterocycles. The molecule has 0 radical (unpaired) electrons. The van der Waals surface area contributed by atoms with Gasteiger partial charge in [0.25, 0.3) is 0 Å². The number of carbonyl (C=O) groups is 1. The highest BCUT2D eigenvalue weighted by atomic mass is 16.1. The third kappa shape index (κ3) is 3.28. The van der Waals surface area contributed by atoms with Crippen molar-refractivity contribution >= 4 is 5.78 Å². The summed E-state index contributed by atoms with van der Waals surface area (Å²) in [5.41, 5.74) is 3.29. The average Bonchev–Trinajstić information content (AvgIpc) is 2.30. The molecule has 0 saturated carbocycles. The maximum absolute atomic E-state index is 12.1. The van der Waals surface area contributed by atoms with Crippen molar-refractivity contribution < 1.29 is 4.79 Å². The number of aromatic nitrogens is 1. The van der Waals surface area contributed by atoms with E-state index in [1.165, 1.54) is 0 Å². The molecular weight excluding hydrogens is 246 g/mol. The molecule has 110 valence electrons. The molecule has 1 aliphatic rings. The maximum Gasteiger partial charge on any atom is 0.164 e. The van der Waals surface area contributed by atoms with E-state index >= 15 is 0 Å². The number of nitrogens with zero attached hydrogens (tertiary/aromatic N) is 1. The number of ketones is 1. The largest absolute Gasteiger partial charge is 0.294 e. The summed E-state index contributed by atoms with van der Waals surface area (Å²) in [5.74, 6) is 0.683. The lowest BCUT2D eigenvalue weighted by molar-refractivity contribution is 0.0960. The normalized spacial score (nSPS) is 19.9. The molecule has 0 saturated heterocycles. The molecule has 20 heavy (non-hydrogen) atoms. The first kappa shape index (κ1) is 15.2. The van der Waals surface area contributed by atoms with Crippen molar-refractivity contribution in [2.24, 2.45) is 5.41 Å². The van der Waals surface area contributed by atoms with Gasteiger partial charge in [-0.1, -0.05) is 41.5 Å². The quantitative estimate of drug-likeness (QED) is 0.730. The molecule has 0 N–H and O–H groups in total. The molecule has 2 nitrogen and oxygen atoms in total. The van der Waals surface area contributed by atoms with Crippen molar-refractivity contribution in [2.45, 2.75) is 72.1 Å². The lowest BCUT2D eigenvalue weighted by Gasteiger charge is -2.31. The molecule has 2 rings (SSSR count). The Morgan fingerprint density at radius 3 is 2.35 bits per heavy atom. The summed E-state index contributed by atoms with van der Waals surface area (Å²) < 4.78 is 0. The van der Waals surface area contributed by atoms with Crippen LogP contribution in [0.4, 0.5) is 0 Å². The van der Waals surface area contributed by atoms with E-state index in [9.17, 15) is 4.79 Å². The van der Waals surface area contributed by atoms with Crippen LogP contribution in [0.3, 0.4) is 0 Å². The van der Waals surface area contributed by atoms with Crippen LogP contribution in [0, 0.1) is 5.41 Å². The highest BCUT2D eigenvalue weighted by Crippen LogP contribution is 2.39. The number of fused-ring (bicyclic) bond motifs is 1. The van der Waals surface area contributed by atoms with E-state index in [0.717, 1.165) is 29.8 Å². The van der Waals surface area contributed by atoms with Crippen molar-refractivity contribution in [3.63, 3.8) is 0 Å². The first-order valence-corrected chi connectivity index (χ1v) is 7.62. The van der Waals surface area contributed by atoms with Gasteiger partial charge in [0.05, 0.1) is 5.69 Å². The second-order valence-corrected chi connectivity index (χ2v) is 8.30. The molecule has 2 heteroatoms. The Morgan fingerprint density at radius 2 is 1.80 bits per heavy atom. The van der Waals surface area contributed by atoms with Crippen LogP contribution in [0.5, 0.6) is 0 Å². The number of pyridine rings is 1. The SMILES string of the molecule is CC(C)(C)CC1CCC(=O)c2ccc(C(C)(C)C)nc21. The van der Waals surface area contributed by atoms with Crippen LogP contribution in [0.25, 0.3) is 0 Å². The Morgan fingerprint density at radius 1 is 1.15 bits per heavy atom. The van der Waals surface area contributed by atoms with Gasteiger partial charge in [0.1, 0.15) is 0 Å². The van der Waals surface area contributed by atoms with E-state index in [-0.39, 0.29) is 16.6 Å². The number of carbonyl (C=O) groups excluding carboxylic acids is 1. The molecule has 0 bridgehead atoms. The zero-order valence-electron chi connectivity index (χ0n) is 13.7. The summed E-state index contributed by atoms with van der Waals surface area (Å²) in [6, 6.07) is 4.02. The van der Waals surface area contributed by atoms with E-state index < -0.39 is 0 Å². The Kier molecular flexibility index (Phi) is 3.79. The zero-order valence-corrected chi connectivity index (χ0v) is 13.7. The van der Waals surface area contributed by atoms with Gasteiger partial charge in [0.15, 0.2) is 5.78 Å². The van der Waals surface area contributed by atoms with Crippen LogP contribution >= 0.6 is 0 Å². The number of rotatable bonds is 1. The van der Waals surface area contributed by atoms with Crippen molar-refractivity contribution in [2.75, 3.05) is 0 Å². The van der Waals surface area contributed by atoms with Crippen LogP contribution < -0.4 is 0 Å². The molecule has 0 fully saturated rings. The summed E-state index contributed by atoms with van der Waals surface area (Å²) in [6.07, 6.45) is 2.71. The predicted octanol–water partition coefficient (Wildman–Crippen LogP) is 4.88. The fourth-order valence-corrected chi connectivity index (χ4v) is 2.95. The fourth-order valence-electron chi connectivity index (χ4n) is 2.95. The molecule has 1 aromatic heterocycles. The van der Waals surface area contributed by atoms with Crippen LogP contribution in [0.15, 0.2) is 12.1 Å². The molecule has 0 amide bonds. The van der Waals surface area contributed by atoms with Gasteiger partial charge in [0, 0.05) is 29.0 Å². The van der Waals surface area contributed by atoms with E-state index in [0.29, 0.717) is 12.3 Å². The van der Waals surface area contributed by atoms with Gasteiger partial charge in [-0.25, -0.2) is 0 Å². The van der Waals surface area contributed by atoms with Gasteiger partial charge in [-0.05, 0) is 30.4 Å². The lowest BCUT2D eigenvalue weighted by atomic mass is 9.76. The molecule has 0 aromatic carbocycles. The average molecular weight is 273 g/mol. The lowest BCUT2D eigenvalue weighted by Crippen LogP contribution is -2.24. The Hall–Kier alpha value is -1.18. The van der Waals surface area contributed by atoms with Gasteiger partial charge in [-0.15, -0.1) is 0 Å². The van der Waals surface area contributed by atoms with Crippen LogP contribution in [0.2, 0.25) is 0 Å². The number of hydrogen-bond acceptors (Lipinski definition) is 2. The third-order valence-electron chi connectivity index (χ3n) is 3.96. The zero-order chi connectivity index (χ0) is 15.1. The highest BCUT2D eigenvalue weighted by molar-refractivity contribution is 5.98. The first-order valence-electron chi connectivity index (χ1n) is 7.62. The summed E-state index contributed by atoms with van der Waals surface area (Å²) >= 11 is 0. The summed E-state index contributed by atoms with van der Waals surface area (Å²) in [4.78, 5) is 17.0. The Bertz CT molecular complexity index is 517. The molecular formula is C18H27NO. The summed E-state index contributed by atoms with van der Waals surface area (Å²) in [7, 11) is 0. The van der Waals surface area contributed by atoms with E-state index in [1.807, 2.05) is 12.1 Å². The standard InChI is InChI=1S/C18H27NO/c1-17(2,3)11-12-7-9-14(20)13-8-10-15(18(4,5)6)19-16(12)13/h8,10,12H,7,9,11H2,1-6H3. The van der Waals surface area contributed by atoms with Gasteiger partial charge in [0.2, 0.25) is 0 Å². The van der Waals surface area contributed by atoms with Crippen LogP contribution in [-0.2, 0) is 5.41 Å². The minimum atomic E-state index is 0.0296. The molecule has 1 aliphatic carbocycles. The second kappa shape index (κ2) is 4.98. The van der Waals surface area contributed by atoms with Gasteiger partial charge in [-0.2, -0.15) is 0 Å². The Balaban J connectivity index is 2.45. The minimum absolute atomic E-state index is 0.0296. The fraction of sp³-hybridized carbons (Fsp3) is 0.667. The third-order valence-corrected chi connectivity index (χ3v) is 3.96. The van der Waals surface area contributed by atoms with Gasteiger partial charge in [-0.3, -0.25) is 9.78 Å². The van der Waals surface area contributed by atoms with Gasteiger partial charge >= 0.3 is 0 Å².